The van der Waals surface area contributed by atoms with Crippen LogP contribution in [0.4, 0.5) is 0 Å². The maximum absolute atomic E-state index is 12.9. The average molecular weight is 296 g/mol. The van der Waals surface area contributed by atoms with Crippen molar-refractivity contribution in [2.45, 2.75) is 51.9 Å². The quantitative estimate of drug-likeness (QED) is 0.801. The second-order valence-corrected chi connectivity index (χ2v) is 6.39. The summed E-state index contributed by atoms with van der Waals surface area (Å²) < 4.78 is 5.10. The Morgan fingerprint density at radius 2 is 1.95 bits per heavy atom. The number of hydrogen-bond donors (Lipinski definition) is 1. The highest BCUT2D eigenvalue weighted by atomic mass is 16.5. The summed E-state index contributed by atoms with van der Waals surface area (Å²) in [6, 6.07) is 0. The first-order valence-electron chi connectivity index (χ1n) is 8.29. The molecule has 120 valence electrons. The van der Waals surface area contributed by atoms with Gasteiger partial charge in [-0.25, -0.2) is 0 Å². The summed E-state index contributed by atoms with van der Waals surface area (Å²) in [4.78, 5) is 26.7. The van der Waals surface area contributed by atoms with Crippen LogP contribution in [0.2, 0.25) is 0 Å². The van der Waals surface area contributed by atoms with Crippen molar-refractivity contribution in [3.05, 3.63) is 0 Å². The number of nitrogens with zero attached hydrogens (tertiary/aromatic N) is 1. The Balaban J connectivity index is 2.02. The first-order valence-corrected chi connectivity index (χ1v) is 8.29. The molecule has 1 unspecified atom stereocenters. The Morgan fingerprint density at radius 3 is 2.57 bits per heavy atom. The first kappa shape index (κ1) is 16.3. The van der Waals surface area contributed by atoms with Gasteiger partial charge in [0.2, 0.25) is 5.91 Å². The SMILES string of the molecule is CCOC(=O)C1CCCN(C(=O)C2(CN)CCCCC2)C1. The van der Waals surface area contributed by atoms with E-state index in [1.54, 1.807) is 0 Å². The zero-order valence-electron chi connectivity index (χ0n) is 13.1. The summed E-state index contributed by atoms with van der Waals surface area (Å²) in [6.45, 7) is 3.88. The zero-order chi connectivity index (χ0) is 15.3. The molecule has 0 spiro atoms. The Labute approximate surface area is 127 Å². The second-order valence-electron chi connectivity index (χ2n) is 6.39. The molecule has 1 atom stereocenters. The minimum absolute atomic E-state index is 0.165. The predicted octanol–water partition coefficient (Wildman–Crippen LogP) is 1.70. The molecule has 1 saturated heterocycles. The summed E-state index contributed by atoms with van der Waals surface area (Å²) in [7, 11) is 0. The van der Waals surface area contributed by atoms with Crippen molar-refractivity contribution < 1.29 is 14.3 Å². The van der Waals surface area contributed by atoms with E-state index in [1.807, 2.05) is 11.8 Å². The molecule has 1 aliphatic heterocycles. The molecule has 0 radical (unpaired) electrons. The normalized spacial score (nSPS) is 25.4. The molecule has 0 aromatic heterocycles. The van der Waals surface area contributed by atoms with Crippen molar-refractivity contribution in [2.24, 2.45) is 17.1 Å². The number of nitrogens with two attached hydrogens (primary N) is 1. The summed E-state index contributed by atoms with van der Waals surface area (Å²) in [6.07, 6.45) is 6.83. The van der Waals surface area contributed by atoms with Crippen molar-refractivity contribution >= 4 is 11.9 Å². The molecular formula is C16H28N2O3. The summed E-state index contributed by atoms with van der Waals surface area (Å²) in [5.41, 5.74) is 5.57. The van der Waals surface area contributed by atoms with E-state index in [1.165, 1.54) is 6.42 Å². The lowest BCUT2D eigenvalue weighted by molar-refractivity contribution is -0.154. The molecule has 2 N–H and O–H groups in total. The van der Waals surface area contributed by atoms with E-state index in [0.29, 0.717) is 19.7 Å². The van der Waals surface area contributed by atoms with Crippen LogP contribution >= 0.6 is 0 Å². The molecule has 5 heteroatoms. The van der Waals surface area contributed by atoms with Crippen LogP contribution in [-0.2, 0) is 14.3 Å². The molecule has 2 aliphatic rings. The van der Waals surface area contributed by atoms with E-state index in [0.717, 1.165) is 45.1 Å². The number of carbonyl (C=O) groups is 2. The minimum Gasteiger partial charge on any atom is -0.466 e. The lowest BCUT2D eigenvalue weighted by Crippen LogP contribution is -2.52. The highest BCUT2D eigenvalue weighted by molar-refractivity contribution is 5.84. The van der Waals surface area contributed by atoms with Crippen LogP contribution < -0.4 is 5.73 Å². The lowest BCUT2D eigenvalue weighted by atomic mass is 9.72. The van der Waals surface area contributed by atoms with Crippen molar-refractivity contribution in [1.82, 2.24) is 4.90 Å². The number of rotatable bonds is 4. The number of amides is 1. The number of ether oxygens (including phenoxy) is 1. The molecule has 0 aromatic rings. The van der Waals surface area contributed by atoms with Crippen LogP contribution in [0.5, 0.6) is 0 Å². The molecule has 5 nitrogen and oxygen atoms in total. The number of carbonyl (C=O) groups excluding carboxylic acids is 2. The first-order chi connectivity index (χ1) is 10.1. The molecule has 1 aliphatic carbocycles. The number of piperidine rings is 1. The molecule has 2 fully saturated rings. The zero-order valence-corrected chi connectivity index (χ0v) is 13.1. The van der Waals surface area contributed by atoms with Gasteiger partial charge in [0.25, 0.3) is 0 Å². The van der Waals surface area contributed by atoms with Crippen LogP contribution in [0.1, 0.15) is 51.9 Å². The van der Waals surface area contributed by atoms with Crippen molar-refractivity contribution in [3.8, 4) is 0 Å². The average Bonchev–Trinajstić information content (AvgIpc) is 2.55. The van der Waals surface area contributed by atoms with Gasteiger partial charge in [0.05, 0.1) is 17.9 Å². The van der Waals surface area contributed by atoms with Gasteiger partial charge in [-0.3, -0.25) is 9.59 Å². The van der Waals surface area contributed by atoms with Gasteiger partial charge in [-0.15, -0.1) is 0 Å². The third-order valence-electron chi connectivity index (χ3n) is 4.98. The highest BCUT2D eigenvalue weighted by Crippen LogP contribution is 2.38. The Morgan fingerprint density at radius 1 is 1.24 bits per heavy atom. The topological polar surface area (TPSA) is 72.6 Å². The standard InChI is InChI=1S/C16H28N2O3/c1-2-21-14(19)13-7-6-10-18(11-13)15(20)16(12-17)8-4-3-5-9-16/h13H,2-12,17H2,1H3. The Kier molecular flexibility index (Phi) is 5.62. The van der Waals surface area contributed by atoms with E-state index < -0.39 is 0 Å². The van der Waals surface area contributed by atoms with Crippen LogP contribution in [0, 0.1) is 11.3 Å². The van der Waals surface area contributed by atoms with E-state index in [-0.39, 0.29) is 23.2 Å². The Bertz CT molecular complexity index is 378. The maximum atomic E-state index is 12.9. The summed E-state index contributed by atoms with van der Waals surface area (Å²) >= 11 is 0. The largest absolute Gasteiger partial charge is 0.466 e. The van der Waals surface area contributed by atoms with E-state index >= 15 is 0 Å². The van der Waals surface area contributed by atoms with Gasteiger partial charge in [0, 0.05) is 19.6 Å². The van der Waals surface area contributed by atoms with Crippen molar-refractivity contribution in [1.29, 1.82) is 0 Å². The fourth-order valence-corrected chi connectivity index (χ4v) is 3.68. The van der Waals surface area contributed by atoms with Crippen molar-refractivity contribution in [2.75, 3.05) is 26.2 Å². The minimum atomic E-state index is -0.380. The van der Waals surface area contributed by atoms with Gasteiger partial charge in [0.1, 0.15) is 0 Å². The van der Waals surface area contributed by atoms with Crippen LogP contribution in [0.15, 0.2) is 0 Å². The molecule has 21 heavy (non-hydrogen) atoms. The van der Waals surface area contributed by atoms with Crippen LogP contribution in [0.3, 0.4) is 0 Å². The number of hydrogen-bond acceptors (Lipinski definition) is 4. The molecule has 1 amide bonds. The fraction of sp³-hybridized carbons (Fsp3) is 0.875. The predicted molar refractivity (Wildman–Crippen MR) is 80.5 cm³/mol. The third kappa shape index (κ3) is 3.57. The van der Waals surface area contributed by atoms with E-state index in [9.17, 15) is 9.59 Å². The van der Waals surface area contributed by atoms with Gasteiger partial charge in [-0.1, -0.05) is 19.3 Å². The molecule has 2 rings (SSSR count). The second kappa shape index (κ2) is 7.25. The fourth-order valence-electron chi connectivity index (χ4n) is 3.68. The number of likely N-dealkylation sites (tertiary alicyclic amines) is 1. The monoisotopic (exact) mass is 296 g/mol. The van der Waals surface area contributed by atoms with Crippen LogP contribution in [-0.4, -0.2) is 43.0 Å². The molecule has 1 heterocycles. The molecular weight excluding hydrogens is 268 g/mol. The lowest BCUT2D eigenvalue weighted by Gasteiger charge is -2.41. The molecule has 1 saturated carbocycles. The van der Waals surface area contributed by atoms with Gasteiger partial charge in [-0.05, 0) is 32.6 Å². The van der Waals surface area contributed by atoms with E-state index in [4.69, 9.17) is 10.5 Å². The van der Waals surface area contributed by atoms with E-state index in [2.05, 4.69) is 0 Å². The molecule has 0 bridgehead atoms. The summed E-state index contributed by atoms with van der Waals surface area (Å²) in [5.74, 6) is -0.166. The maximum Gasteiger partial charge on any atom is 0.310 e. The van der Waals surface area contributed by atoms with Gasteiger partial charge in [-0.2, -0.15) is 0 Å². The molecule has 0 aromatic carbocycles. The van der Waals surface area contributed by atoms with Crippen molar-refractivity contribution in [3.63, 3.8) is 0 Å². The Hall–Kier alpha value is -1.10. The third-order valence-corrected chi connectivity index (χ3v) is 4.98. The highest BCUT2D eigenvalue weighted by Gasteiger charge is 2.42. The number of esters is 1. The summed E-state index contributed by atoms with van der Waals surface area (Å²) in [5, 5.41) is 0. The van der Waals surface area contributed by atoms with Gasteiger partial charge < -0.3 is 15.4 Å². The smallest absolute Gasteiger partial charge is 0.310 e. The van der Waals surface area contributed by atoms with Crippen LogP contribution in [0.25, 0.3) is 0 Å². The van der Waals surface area contributed by atoms with Gasteiger partial charge in [0.15, 0.2) is 0 Å². The van der Waals surface area contributed by atoms with Gasteiger partial charge >= 0.3 is 5.97 Å².